The molecular weight excluding hydrogens is 280 g/mol. The summed E-state index contributed by atoms with van der Waals surface area (Å²) in [5, 5.41) is 7.67. The molecule has 0 saturated heterocycles. The summed E-state index contributed by atoms with van der Waals surface area (Å²) in [6.07, 6.45) is 0.946. The molecule has 4 nitrogen and oxygen atoms in total. The van der Waals surface area contributed by atoms with Gasteiger partial charge in [0.15, 0.2) is 0 Å². The monoisotopic (exact) mass is 298 g/mol. The highest BCUT2D eigenvalue weighted by Gasteiger charge is 2.03. The molecule has 0 aliphatic heterocycles. The molecule has 0 amide bonds. The van der Waals surface area contributed by atoms with E-state index in [-0.39, 0.29) is 0 Å². The summed E-state index contributed by atoms with van der Waals surface area (Å²) in [5.41, 5.74) is 9.88. The standard InChI is InChI=1S/C16H18N4S/c1-11-10-21-16(19-11)6-7-18-9-12-8-14(17)13-4-2-3-5-15(13)20-12/h2-5,8,10,18H,6-7,9H2,1H3,(H2,17,20). The van der Waals surface area contributed by atoms with Gasteiger partial charge < -0.3 is 11.1 Å². The van der Waals surface area contributed by atoms with Crippen molar-refractivity contribution in [3.05, 3.63) is 52.1 Å². The molecule has 1 aromatic carbocycles. The van der Waals surface area contributed by atoms with Crippen LogP contribution < -0.4 is 11.1 Å². The molecule has 3 rings (SSSR count). The van der Waals surface area contributed by atoms with Gasteiger partial charge in [-0.3, -0.25) is 4.98 Å². The number of benzene rings is 1. The Morgan fingerprint density at radius 3 is 2.90 bits per heavy atom. The van der Waals surface area contributed by atoms with Crippen LogP contribution in [-0.4, -0.2) is 16.5 Å². The molecule has 0 atom stereocenters. The maximum absolute atomic E-state index is 6.08. The van der Waals surface area contributed by atoms with Gasteiger partial charge >= 0.3 is 0 Å². The molecule has 3 aromatic rings. The van der Waals surface area contributed by atoms with Gasteiger partial charge in [0.1, 0.15) is 0 Å². The van der Waals surface area contributed by atoms with Gasteiger partial charge in [-0.25, -0.2) is 4.98 Å². The number of aryl methyl sites for hydroxylation is 1. The van der Waals surface area contributed by atoms with Crippen molar-refractivity contribution in [1.82, 2.24) is 15.3 Å². The van der Waals surface area contributed by atoms with Crippen molar-refractivity contribution in [1.29, 1.82) is 0 Å². The van der Waals surface area contributed by atoms with Crippen LogP contribution in [0.1, 0.15) is 16.4 Å². The number of thiazole rings is 1. The zero-order chi connectivity index (χ0) is 14.7. The molecule has 3 N–H and O–H groups in total. The van der Waals surface area contributed by atoms with Crippen LogP contribution in [0.3, 0.4) is 0 Å². The lowest BCUT2D eigenvalue weighted by atomic mass is 10.1. The van der Waals surface area contributed by atoms with Crippen LogP contribution >= 0.6 is 11.3 Å². The summed E-state index contributed by atoms with van der Waals surface area (Å²) in [5.74, 6) is 0. The second-order valence-corrected chi connectivity index (χ2v) is 5.97. The van der Waals surface area contributed by atoms with Gasteiger partial charge in [0.25, 0.3) is 0 Å². The molecule has 0 unspecified atom stereocenters. The highest BCUT2D eigenvalue weighted by atomic mass is 32.1. The number of anilines is 1. The minimum absolute atomic E-state index is 0.722. The summed E-state index contributed by atoms with van der Waals surface area (Å²) in [6, 6.07) is 9.90. The fourth-order valence-corrected chi connectivity index (χ4v) is 3.06. The smallest absolute Gasteiger partial charge is 0.0940 e. The molecule has 0 aliphatic rings. The number of nitrogens with zero attached hydrogens (tertiary/aromatic N) is 2. The first kappa shape index (κ1) is 14.0. The number of hydrogen-bond acceptors (Lipinski definition) is 5. The van der Waals surface area contributed by atoms with Crippen molar-refractivity contribution in [2.24, 2.45) is 0 Å². The molecule has 0 spiro atoms. The molecule has 0 saturated carbocycles. The number of nitrogen functional groups attached to an aromatic ring is 1. The van der Waals surface area contributed by atoms with E-state index < -0.39 is 0 Å². The highest BCUT2D eigenvalue weighted by molar-refractivity contribution is 7.09. The minimum atomic E-state index is 0.722. The first-order valence-corrected chi connectivity index (χ1v) is 7.86. The normalized spacial score (nSPS) is 11.1. The van der Waals surface area contributed by atoms with Crippen LogP contribution in [-0.2, 0) is 13.0 Å². The average Bonchev–Trinajstić information content (AvgIpc) is 2.89. The Kier molecular flexibility index (Phi) is 4.13. The number of para-hydroxylation sites is 1. The SMILES string of the molecule is Cc1csc(CCNCc2cc(N)c3ccccc3n2)n1. The van der Waals surface area contributed by atoms with E-state index in [0.717, 1.165) is 47.5 Å². The predicted molar refractivity (Wildman–Crippen MR) is 88.4 cm³/mol. The summed E-state index contributed by atoms with van der Waals surface area (Å²) >= 11 is 1.71. The van der Waals surface area contributed by atoms with E-state index in [1.807, 2.05) is 37.3 Å². The molecule has 2 aromatic heterocycles. The van der Waals surface area contributed by atoms with Crippen molar-refractivity contribution in [2.75, 3.05) is 12.3 Å². The van der Waals surface area contributed by atoms with Crippen LogP contribution in [0.15, 0.2) is 35.7 Å². The number of fused-ring (bicyclic) bond motifs is 1. The van der Waals surface area contributed by atoms with Gasteiger partial charge in [-0.1, -0.05) is 18.2 Å². The topological polar surface area (TPSA) is 63.8 Å². The van der Waals surface area contributed by atoms with Gasteiger partial charge in [0, 0.05) is 41.7 Å². The number of nitrogens with two attached hydrogens (primary N) is 1. The average molecular weight is 298 g/mol. The third-order valence-corrected chi connectivity index (χ3v) is 4.32. The van der Waals surface area contributed by atoms with Gasteiger partial charge in [0.2, 0.25) is 0 Å². The Bertz CT molecular complexity index is 751. The Balaban J connectivity index is 1.60. The lowest BCUT2D eigenvalue weighted by Crippen LogP contribution is -2.17. The third kappa shape index (κ3) is 3.37. The van der Waals surface area contributed by atoms with Crippen LogP contribution in [0.25, 0.3) is 10.9 Å². The first-order chi connectivity index (χ1) is 10.2. The molecular formula is C16H18N4S. The Morgan fingerprint density at radius 2 is 2.10 bits per heavy atom. The molecule has 0 bridgehead atoms. The van der Waals surface area contributed by atoms with E-state index in [4.69, 9.17) is 5.73 Å². The molecule has 0 fully saturated rings. The van der Waals surface area contributed by atoms with Crippen molar-refractivity contribution >= 4 is 27.9 Å². The zero-order valence-electron chi connectivity index (χ0n) is 12.0. The predicted octanol–water partition coefficient (Wildman–Crippen LogP) is 2.91. The van der Waals surface area contributed by atoms with Gasteiger partial charge in [-0.2, -0.15) is 0 Å². The van der Waals surface area contributed by atoms with Crippen molar-refractivity contribution in [2.45, 2.75) is 19.9 Å². The van der Waals surface area contributed by atoms with E-state index >= 15 is 0 Å². The quantitative estimate of drug-likeness (QED) is 0.711. The number of rotatable bonds is 5. The summed E-state index contributed by atoms with van der Waals surface area (Å²) in [4.78, 5) is 9.08. The van der Waals surface area contributed by atoms with Crippen LogP contribution in [0.2, 0.25) is 0 Å². The maximum Gasteiger partial charge on any atom is 0.0940 e. The molecule has 0 radical (unpaired) electrons. The van der Waals surface area contributed by atoms with Gasteiger partial charge in [-0.15, -0.1) is 11.3 Å². The summed E-state index contributed by atoms with van der Waals surface area (Å²) in [6.45, 7) is 3.63. The largest absolute Gasteiger partial charge is 0.398 e. The lowest BCUT2D eigenvalue weighted by Gasteiger charge is -2.07. The van der Waals surface area contributed by atoms with Crippen molar-refractivity contribution in [3.8, 4) is 0 Å². The third-order valence-electron chi connectivity index (χ3n) is 3.29. The lowest BCUT2D eigenvalue weighted by molar-refractivity contribution is 0.675. The van der Waals surface area contributed by atoms with Crippen LogP contribution in [0.5, 0.6) is 0 Å². The molecule has 0 aliphatic carbocycles. The fourth-order valence-electron chi connectivity index (χ4n) is 2.28. The van der Waals surface area contributed by atoms with E-state index in [9.17, 15) is 0 Å². The van der Waals surface area contributed by atoms with Crippen LogP contribution in [0, 0.1) is 6.92 Å². The van der Waals surface area contributed by atoms with E-state index in [1.54, 1.807) is 11.3 Å². The second kappa shape index (κ2) is 6.20. The second-order valence-electron chi connectivity index (χ2n) is 5.03. The van der Waals surface area contributed by atoms with E-state index in [2.05, 4.69) is 20.7 Å². The first-order valence-electron chi connectivity index (χ1n) is 6.98. The molecule has 2 heterocycles. The van der Waals surface area contributed by atoms with E-state index in [0.29, 0.717) is 0 Å². The van der Waals surface area contributed by atoms with Crippen LogP contribution in [0.4, 0.5) is 5.69 Å². The minimum Gasteiger partial charge on any atom is -0.398 e. The fraction of sp³-hybridized carbons (Fsp3) is 0.250. The number of pyridine rings is 1. The highest BCUT2D eigenvalue weighted by Crippen LogP contribution is 2.19. The number of hydrogen-bond donors (Lipinski definition) is 2. The van der Waals surface area contributed by atoms with Gasteiger partial charge in [-0.05, 0) is 19.1 Å². The Labute approximate surface area is 128 Å². The Morgan fingerprint density at radius 1 is 1.24 bits per heavy atom. The molecule has 21 heavy (non-hydrogen) atoms. The Hall–Kier alpha value is -1.98. The molecule has 5 heteroatoms. The van der Waals surface area contributed by atoms with Crippen molar-refractivity contribution in [3.63, 3.8) is 0 Å². The van der Waals surface area contributed by atoms with E-state index in [1.165, 1.54) is 5.01 Å². The molecule has 108 valence electrons. The van der Waals surface area contributed by atoms with Crippen molar-refractivity contribution < 1.29 is 0 Å². The number of aromatic nitrogens is 2. The maximum atomic E-state index is 6.08. The summed E-state index contributed by atoms with van der Waals surface area (Å²) in [7, 11) is 0. The van der Waals surface area contributed by atoms with Gasteiger partial charge in [0.05, 0.1) is 16.2 Å². The number of nitrogens with one attached hydrogen (secondary N) is 1. The zero-order valence-corrected chi connectivity index (χ0v) is 12.8. The summed E-state index contributed by atoms with van der Waals surface area (Å²) < 4.78 is 0.